The molecule has 2 saturated heterocycles. The number of nitriles is 2. The Labute approximate surface area is 613 Å². The number of methoxy groups -OCH3 is 2. The minimum atomic E-state index is -0.938. The third kappa shape index (κ3) is 14.0. The van der Waals surface area contributed by atoms with Gasteiger partial charge in [-0.2, -0.15) is 10.5 Å². The van der Waals surface area contributed by atoms with Gasteiger partial charge in [-0.05, 0) is 153 Å². The summed E-state index contributed by atoms with van der Waals surface area (Å²) < 4.78 is 31.0. The maximum absolute atomic E-state index is 14.0. The van der Waals surface area contributed by atoms with Gasteiger partial charge >= 0.3 is 12.1 Å². The number of allylic oxidation sites excluding steroid dienone is 2. The summed E-state index contributed by atoms with van der Waals surface area (Å²) in [4.78, 5) is 89.2. The fourth-order valence-electron chi connectivity index (χ4n) is 17.0. The molecule has 5 aromatic rings. The number of Topliss-reactive ketones (excluding diaryl/α,β-unsaturated/α-hetero) is 2. The largest absolute Gasteiger partial charge is 0.504 e. The number of carbonyl (C=O) groups excluding carboxylic acids is 6. The number of phenols is 1. The summed E-state index contributed by atoms with van der Waals surface area (Å²) in [7, 11) is 7.16. The quantitative estimate of drug-likeness (QED) is 0.0266. The zero-order valence-electron chi connectivity index (χ0n) is 61.7. The van der Waals surface area contributed by atoms with Crippen LogP contribution < -0.4 is 55.6 Å². The van der Waals surface area contributed by atoms with Crippen molar-refractivity contribution in [3.8, 4) is 46.6 Å². The van der Waals surface area contributed by atoms with Crippen molar-refractivity contribution in [2.24, 2.45) is 0 Å². The molecular formula is C81H94N12O12. The fraction of sp³-hybridized carbons (Fsp3) is 0.407. The second-order valence-electron chi connectivity index (χ2n) is 27.9. The zero-order valence-corrected chi connectivity index (χ0v) is 61.7. The first kappa shape index (κ1) is 75.4. The molecule has 12 atom stereocenters. The summed E-state index contributed by atoms with van der Waals surface area (Å²) in [5, 5.41) is 50.3. The van der Waals surface area contributed by atoms with Crippen molar-refractivity contribution in [1.29, 1.82) is 10.5 Å². The predicted molar refractivity (Wildman–Crippen MR) is 399 cm³/mol. The maximum Gasteiger partial charge on any atom is 0.319 e. The van der Waals surface area contributed by atoms with Crippen LogP contribution in [0, 0.1) is 50.4 Å². The number of ether oxygens (including phenoxy) is 5. The highest BCUT2D eigenvalue weighted by molar-refractivity contribution is 6.25. The number of benzene rings is 5. The lowest BCUT2D eigenvalue weighted by atomic mass is 9.69. The minimum absolute atomic E-state index is 0.0226. The molecule has 0 radical (unpaired) electrons. The molecule has 1 aliphatic carbocycles. The van der Waals surface area contributed by atoms with Gasteiger partial charge in [-0.3, -0.25) is 38.8 Å². The molecule has 7 aliphatic rings. The summed E-state index contributed by atoms with van der Waals surface area (Å²) >= 11 is 0. The van der Waals surface area contributed by atoms with Crippen LogP contribution in [-0.4, -0.2) is 176 Å². The number of nitrogens with one attached hydrogen (secondary N) is 6. The molecular weight excluding hydrogens is 1330 g/mol. The van der Waals surface area contributed by atoms with Gasteiger partial charge in [0, 0.05) is 93.2 Å². The van der Waals surface area contributed by atoms with E-state index < -0.39 is 66.3 Å². The molecule has 4 bridgehead atoms. The number of piperazine rings is 2. The van der Waals surface area contributed by atoms with E-state index in [9.17, 15) is 44.4 Å². The Morgan fingerprint density at radius 1 is 0.571 bits per heavy atom. The van der Waals surface area contributed by atoms with Crippen LogP contribution >= 0.6 is 0 Å². The monoisotopic (exact) mass is 1430 g/mol. The summed E-state index contributed by atoms with van der Waals surface area (Å²) in [6.45, 7) is 27.0. The number of aryl methyl sites for hydroxylation is 2. The molecule has 24 heteroatoms. The molecule has 105 heavy (non-hydrogen) atoms. The number of para-hydroxylation sites is 2. The van der Waals surface area contributed by atoms with Crippen molar-refractivity contribution < 1.29 is 57.6 Å². The van der Waals surface area contributed by atoms with E-state index in [1.54, 1.807) is 89.4 Å². The van der Waals surface area contributed by atoms with Crippen molar-refractivity contribution in [2.45, 2.75) is 154 Å². The van der Waals surface area contributed by atoms with E-state index in [0.717, 1.165) is 55.8 Å². The summed E-state index contributed by atoms with van der Waals surface area (Å²) in [6.07, 6.45) is 6.90. The van der Waals surface area contributed by atoms with Gasteiger partial charge in [0.1, 0.15) is 55.5 Å². The second-order valence-corrected chi connectivity index (χ2v) is 27.9. The average Bonchev–Trinajstić information content (AvgIpc) is 0.704. The number of amides is 6. The smallest absolute Gasteiger partial charge is 0.319 e. The van der Waals surface area contributed by atoms with Crippen molar-refractivity contribution >= 4 is 46.8 Å². The third-order valence-electron chi connectivity index (χ3n) is 21.9. The van der Waals surface area contributed by atoms with Crippen LogP contribution in [-0.2, 0) is 38.4 Å². The molecule has 0 spiro atoms. The second kappa shape index (κ2) is 31.7. The van der Waals surface area contributed by atoms with Crippen LogP contribution in [0.3, 0.4) is 0 Å². The average molecular weight is 1430 g/mol. The van der Waals surface area contributed by atoms with Gasteiger partial charge < -0.3 is 60.7 Å². The van der Waals surface area contributed by atoms with Crippen LogP contribution in [0.25, 0.3) is 0 Å². The van der Waals surface area contributed by atoms with Gasteiger partial charge in [0.2, 0.25) is 11.8 Å². The lowest BCUT2D eigenvalue weighted by Crippen LogP contribution is -2.71. The first-order valence-electron chi connectivity index (χ1n) is 35.4. The minimum Gasteiger partial charge on any atom is -0.504 e. The highest BCUT2D eigenvalue weighted by Crippen LogP contribution is 2.58. The first-order chi connectivity index (χ1) is 50.4. The fourth-order valence-corrected chi connectivity index (χ4v) is 17.0. The molecule has 6 amide bonds. The van der Waals surface area contributed by atoms with Gasteiger partial charge in [-0.25, -0.2) is 9.59 Å². The molecule has 5 aromatic carbocycles. The number of carbonyl (C=O) groups is 6. The Hall–Kier alpha value is -10.8. The van der Waals surface area contributed by atoms with Crippen molar-refractivity contribution in [1.82, 2.24) is 40.9 Å². The number of hydrogen-bond donors (Lipinski definition) is 7. The number of ketones is 2. The first-order valence-corrected chi connectivity index (χ1v) is 35.4. The number of phenolic OH excluding ortho intramolecular Hbond substituents is 1. The van der Waals surface area contributed by atoms with Gasteiger partial charge in [0.15, 0.2) is 34.6 Å². The Bertz CT molecular complexity index is 4460. The third-order valence-corrected chi connectivity index (χ3v) is 21.9. The Morgan fingerprint density at radius 2 is 1.01 bits per heavy atom. The Kier molecular flexibility index (Phi) is 22.8. The number of likely N-dealkylation sites (N-methyl/N-ethyl adjacent to an activating group) is 2. The Balaban J connectivity index is 0.000000213. The molecule has 0 unspecified atom stereocenters. The van der Waals surface area contributed by atoms with E-state index in [4.69, 9.17) is 23.7 Å². The SMILES string of the molecule is C=CCOc1c(C)c(C)c(OCC=C)c2c1C[C@H]1[C@H]3c4c(cc(C)c(OC)c4OCC=C)C[C@@H]([C@H](C#N)N1[C@H]2CNC(=O)[C@H](C)NC(=O)Nc1ccccc1)N3C.COc1c(C)cc2c(c1O)[C@@H]1[C@@H]3CC4=C(C(=O)C(C)=C(C)C4=O)[C@H](CNC(=O)[C@H](C)NC(=O)Nc4ccccc4)N3[C@@H](C#N)[C@H](C2)N1C. The van der Waals surface area contributed by atoms with Crippen LogP contribution in [0.1, 0.15) is 108 Å². The number of nitrogens with zero attached hydrogens (tertiary/aromatic N) is 6. The summed E-state index contributed by atoms with van der Waals surface area (Å²) in [5.74, 6) is 1.74. The van der Waals surface area contributed by atoms with Crippen molar-refractivity contribution in [3.63, 3.8) is 0 Å². The normalized spacial score (nSPS) is 23.3. The van der Waals surface area contributed by atoms with E-state index in [0.29, 0.717) is 75.9 Å². The van der Waals surface area contributed by atoms with Crippen LogP contribution in [0.5, 0.6) is 34.5 Å². The van der Waals surface area contributed by atoms with Gasteiger partial charge in [-0.15, -0.1) is 0 Å². The van der Waals surface area contributed by atoms with E-state index in [2.05, 4.69) is 91.6 Å². The molecule has 2 fully saturated rings. The highest BCUT2D eigenvalue weighted by atomic mass is 16.5. The summed E-state index contributed by atoms with van der Waals surface area (Å²) in [6, 6.07) is 19.8. The van der Waals surface area contributed by atoms with Gasteiger partial charge in [0.25, 0.3) is 0 Å². The molecule has 6 heterocycles. The predicted octanol–water partition coefficient (Wildman–Crippen LogP) is 9.48. The maximum atomic E-state index is 14.0. The summed E-state index contributed by atoms with van der Waals surface area (Å²) in [5.41, 5.74) is 11.6. The molecule has 7 N–H and O–H groups in total. The number of urea groups is 2. The molecule has 0 saturated carbocycles. The number of rotatable bonds is 21. The van der Waals surface area contributed by atoms with Crippen molar-refractivity contribution in [2.75, 3.05) is 71.9 Å². The number of anilines is 2. The number of fused-ring (bicyclic) bond motifs is 13. The topological polar surface area (TPSA) is 302 Å². The number of hydrogen-bond acceptors (Lipinski definition) is 18. The Morgan fingerprint density at radius 3 is 1.51 bits per heavy atom. The lowest BCUT2D eigenvalue weighted by Gasteiger charge is -2.60. The highest BCUT2D eigenvalue weighted by Gasteiger charge is 2.59. The molecule has 6 aliphatic heterocycles. The zero-order chi connectivity index (χ0) is 75.6. The van der Waals surface area contributed by atoms with Crippen molar-refractivity contribution in [3.05, 3.63) is 189 Å². The van der Waals surface area contributed by atoms with E-state index in [1.165, 1.54) is 7.11 Å². The van der Waals surface area contributed by atoms with E-state index in [1.807, 2.05) is 70.0 Å². The molecule has 24 nitrogen and oxygen atoms in total. The number of aromatic hydroxyl groups is 1. The van der Waals surface area contributed by atoms with Crippen LogP contribution in [0.15, 0.2) is 133 Å². The standard InChI is InChI=1S/C45H54N6O6.C36H40N6O6/c1-10-18-55-41-27(5)28(6)42(56-19-11-2)38-32(41)23-34-39-37-30(21-26(4)40(54-9)43(37)57-20-12-3)22-33(50(39)8)35(24-46)51(34)36(38)25-47-44(52)29(7)48-45(53)49-31-16-14-13-15-17-31;1-17-12-21-13-24-26(15-37)42-25(30(41(24)5)28(21)33(45)34(17)48-6)14-23-29(32(44)19(3)18(2)31(23)43)27(42)16-38-35(46)20(4)39-36(47)40-22-10-8-7-9-11-22/h10-17,21,29,33-36,39H,1-3,18-20,22-23,25H2,4-9H3,(H,47,52)(H2,48,49,53);7-12,20,24-27,30,45H,13-14,16H2,1-6H3,(H,38,46)(H2,39,40,47)/t29-,33-,34-,35-,36-,39-;20-,24-,25-,26-,27-,30-/m00/s1. The molecule has 0 aromatic heterocycles. The van der Waals surface area contributed by atoms with Crippen LogP contribution in [0.2, 0.25) is 0 Å². The molecule has 550 valence electrons. The lowest BCUT2D eigenvalue weighted by molar-refractivity contribution is -0.124. The van der Waals surface area contributed by atoms with E-state index >= 15 is 0 Å². The van der Waals surface area contributed by atoms with Crippen LogP contribution in [0.4, 0.5) is 21.0 Å². The molecule has 12 rings (SSSR count). The van der Waals surface area contributed by atoms with E-state index in [-0.39, 0.29) is 92.3 Å². The van der Waals surface area contributed by atoms with Gasteiger partial charge in [-0.1, -0.05) is 86.5 Å². The van der Waals surface area contributed by atoms with Gasteiger partial charge in [0.05, 0.1) is 50.5 Å².